The maximum Gasteiger partial charge on any atom is 0.322 e. The lowest BCUT2D eigenvalue weighted by Crippen LogP contribution is -2.25. The normalized spacial score (nSPS) is 20.1. The third-order valence-electron chi connectivity index (χ3n) is 4.06. The number of nitrogens with one attached hydrogen (secondary N) is 1. The summed E-state index contributed by atoms with van der Waals surface area (Å²) in [5.41, 5.74) is 0.692. The highest BCUT2D eigenvalue weighted by Crippen LogP contribution is 2.31. The van der Waals surface area contributed by atoms with Crippen LogP contribution in [0, 0.1) is 0 Å². The molecule has 2 aromatic heterocycles. The zero-order valence-corrected chi connectivity index (χ0v) is 14.8. The lowest BCUT2D eigenvalue weighted by molar-refractivity contribution is 0.0979. The van der Waals surface area contributed by atoms with E-state index in [0.29, 0.717) is 34.1 Å². The first-order chi connectivity index (χ1) is 12.1. The molecule has 3 aromatic rings. The van der Waals surface area contributed by atoms with Crippen LogP contribution in [0.3, 0.4) is 0 Å². The van der Waals surface area contributed by atoms with Crippen molar-refractivity contribution in [3.05, 3.63) is 46.5 Å². The summed E-state index contributed by atoms with van der Waals surface area (Å²) in [5.74, 6) is 1.27. The Morgan fingerprint density at radius 2 is 2.04 bits per heavy atom. The quantitative estimate of drug-likeness (QED) is 0.743. The lowest BCUT2D eigenvalue weighted by atomic mass is 10.1. The summed E-state index contributed by atoms with van der Waals surface area (Å²) in [5, 5.41) is 8.26. The Kier molecular flexibility index (Phi) is 4.37. The number of benzene rings is 1. The van der Waals surface area contributed by atoms with Crippen molar-refractivity contribution in [2.24, 2.45) is 7.05 Å². The molecule has 0 aliphatic carbocycles. The van der Waals surface area contributed by atoms with Gasteiger partial charge in [0.15, 0.2) is 0 Å². The molecule has 1 N–H and O–H groups in total. The summed E-state index contributed by atoms with van der Waals surface area (Å²) < 4.78 is 13.1. The predicted molar refractivity (Wildman–Crippen MR) is 93.7 cm³/mol. The van der Waals surface area contributed by atoms with Crippen molar-refractivity contribution in [2.45, 2.75) is 18.6 Å². The van der Waals surface area contributed by atoms with Gasteiger partial charge in [-0.05, 0) is 24.6 Å². The fourth-order valence-electron chi connectivity index (χ4n) is 2.88. The molecule has 7 nitrogen and oxygen atoms in total. The van der Waals surface area contributed by atoms with E-state index in [9.17, 15) is 0 Å². The number of ether oxygens (including phenoxy) is 1. The number of nitrogens with zero attached hydrogens (tertiary/aromatic N) is 4. The molecule has 0 saturated carbocycles. The summed E-state index contributed by atoms with van der Waals surface area (Å²) >= 11 is 12.0. The number of aryl methyl sites for hydroxylation is 1. The second-order valence-electron chi connectivity index (χ2n) is 5.81. The molecule has 1 aromatic carbocycles. The minimum Gasteiger partial charge on any atom is -0.368 e. The van der Waals surface area contributed by atoms with Crippen LogP contribution in [0.25, 0.3) is 11.4 Å². The molecule has 0 unspecified atom stereocenters. The van der Waals surface area contributed by atoms with Crippen molar-refractivity contribution in [1.29, 1.82) is 0 Å². The first-order valence-electron chi connectivity index (χ1n) is 7.76. The van der Waals surface area contributed by atoms with E-state index < -0.39 is 0 Å². The van der Waals surface area contributed by atoms with Crippen LogP contribution >= 0.6 is 23.2 Å². The van der Waals surface area contributed by atoms with E-state index >= 15 is 0 Å². The monoisotopic (exact) mass is 379 g/mol. The van der Waals surface area contributed by atoms with Crippen LogP contribution in [-0.4, -0.2) is 32.3 Å². The van der Waals surface area contributed by atoms with Crippen molar-refractivity contribution in [3.8, 4) is 11.4 Å². The largest absolute Gasteiger partial charge is 0.368 e. The number of anilines is 1. The maximum atomic E-state index is 6.02. The van der Waals surface area contributed by atoms with Gasteiger partial charge in [0.05, 0.1) is 6.04 Å². The first kappa shape index (κ1) is 16.4. The van der Waals surface area contributed by atoms with E-state index in [1.165, 1.54) is 0 Å². The second-order valence-corrected chi connectivity index (χ2v) is 6.68. The number of halogens is 2. The van der Waals surface area contributed by atoms with Crippen LogP contribution in [0.5, 0.6) is 0 Å². The molecule has 1 fully saturated rings. The fraction of sp³-hybridized carbons (Fsp3) is 0.312. The summed E-state index contributed by atoms with van der Waals surface area (Å²) in [6.45, 7) is 0.639. The smallest absolute Gasteiger partial charge is 0.322 e. The van der Waals surface area contributed by atoms with Gasteiger partial charge in [-0.15, -0.1) is 0 Å². The summed E-state index contributed by atoms with van der Waals surface area (Å²) in [7, 11) is 1.94. The topological polar surface area (TPSA) is 78.0 Å². The van der Waals surface area contributed by atoms with Gasteiger partial charge in [0, 0.05) is 41.7 Å². The fourth-order valence-corrected chi connectivity index (χ4v) is 3.41. The van der Waals surface area contributed by atoms with Gasteiger partial charge in [-0.3, -0.25) is 0 Å². The van der Waals surface area contributed by atoms with Gasteiger partial charge in [-0.1, -0.05) is 28.4 Å². The maximum absolute atomic E-state index is 6.02. The van der Waals surface area contributed by atoms with Crippen molar-refractivity contribution >= 4 is 29.2 Å². The minimum atomic E-state index is -0.170. The Bertz CT molecular complexity index is 874. The van der Waals surface area contributed by atoms with Crippen LogP contribution in [0.2, 0.25) is 10.0 Å². The van der Waals surface area contributed by atoms with Gasteiger partial charge < -0.3 is 19.1 Å². The Balaban J connectivity index is 1.54. The van der Waals surface area contributed by atoms with E-state index in [1.54, 1.807) is 24.4 Å². The van der Waals surface area contributed by atoms with Crippen LogP contribution in [-0.2, 0) is 11.8 Å². The molecule has 0 radical (unpaired) electrons. The SMILES string of the molecule is Cn1ccnc1[C@H]1OCC[C@@H]1Nc1nc(-c2cc(Cl)cc(Cl)c2)no1. The van der Waals surface area contributed by atoms with Crippen LogP contribution < -0.4 is 5.32 Å². The van der Waals surface area contributed by atoms with Gasteiger partial charge in [0.1, 0.15) is 11.9 Å². The average Bonchev–Trinajstić information content (AvgIpc) is 3.28. The lowest BCUT2D eigenvalue weighted by Gasteiger charge is -2.18. The number of imidazole rings is 1. The molecule has 25 heavy (non-hydrogen) atoms. The van der Waals surface area contributed by atoms with E-state index in [0.717, 1.165) is 12.2 Å². The molecule has 4 rings (SSSR count). The number of hydrogen-bond acceptors (Lipinski definition) is 6. The van der Waals surface area contributed by atoms with Gasteiger partial charge in [-0.2, -0.15) is 4.98 Å². The third-order valence-corrected chi connectivity index (χ3v) is 4.50. The molecule has 3 heterocycles. The molecule has 1 aliphatic rings. The van der Waals surface area contributed by atoms with E-state index in [-0.39, 0.29) is 12.1 Å². The molecule has 0 amide bonds. The molecular weight excluding hydrogens is 365 g/mol. The van der Waals surface area contributed by atoms with Crippen LogP contribution in [0.15, 0.2) is 35.1 Å². The Morgan fingerprint density at radius 1 is 1.24 bits per heavy atom. The molecule has 1 aliphatic heterocycles. The van der Waals surface area contributed by atoms with Gasteiger partial charge in [-0.25, -0.2) is 4.98 Å². The zero-order chi connectivity index (χ0) is 17.4. The van der Waals surface area contributed by atoms with Crippen molar-refractivity contribution in [1.82, 2.24) is 19.7 Å². The van der Waals surface area contributed by atoms with E-state index in [2.05, 4.69) is 20.4 Å². The predicted octanol–water partition coefficient (Wildman–Crippen LogP) is 3.72. The van der Waals surface area contributed by atoms with Gasteiger partial charge >= 0.3 is 6.01 Å². The van der Waals surface area contributed by atoms with E-state index in [4.69, 9.17) is 32.5 Å². The first-order valence-corrected chi connectivity index (χ1v) is 8.51. The third kappa shape index (κ3) is 3.35. The highest BCUT2D eigenvalue weighted by Gasteiger charge is 2.33. The standard InChI is InChI=1S/C16H15Cl2N5O2/c1-23-4-3-19-15(23)13-12(2-5-24-13)20-16-21-14(22-25-16)9-6-10(17)8-11(18)7-9/h3-4,6-8,12-13H,2,5H2,1H3,(H,20,21,22)/t12-,13-/m0/s1. The van der Waals surface area contributed by atoms with Crippen molar-refractivity contribution < 1.29 is 9.26 Å². The Labute approximate surface area is 153 Å². The summed E-state index contributed by atoms with van der Waals surface area (Å²) in [4.78, 5) is 8.74. The van der Waals surface area contributed by atoms with Gasteiger partial charge in [0.2, 0.25) is 5.82 Å². The molecule has 0 spiro atoms. The molecule has 130 valence electrons. The Morgan fingerprint density at radius 3 is 2.76 bits per heavy atom. The van der Waals surface area contributed by atoms with Gasteiger partial charge in [0.25, 0.3) is 0 Å². The van der Waals surface area contributed by atoms with Crippen LogP contribution in [0.1, 0.15) is 18.3 Å². The summed E-state index contributed by atoms with van der Waals surface area (Å²) in [6, 6.07) is 5.44. The van der Waals surface area contributed by atoms with Crippen LogP contribution in [0.4, 0.5) is 6.01 Å². The number of hydrogen-bond donors (Lipinski definition) is 1. The van der Waals surface area contributed by atoms with E-state index in [1.807, 2.05) is 17.8 Å². The van der Waals surface area contributed by atoms with Crippen molar-refractivity contribution in [2.75, 3.05) is 11.9 Å². The molecule has 2 atom stereocenters. The molecular formula is C16H15Cl2N5O2. The molecule has 0 bridgehead atoms. The average molecular weight is 380 g/mol. The number of aromatic nitrogens is 4. The molecule has 1 saturated heterocycles. The highest BCUT2D eigenvalue weighted by molar-refractivity contribution is 6.35. The molecule has 9 heteroatoms. The summed E-state index contributed by atoms with van der Waals surface area (Å²) in [6.07, 6.45) is 4.29. The minimum absolute atomic E-state index is 0.00245. The number of rotatable bonds is 4. The zero-order valence-electron chi connectivity index (χ0n) is 13.3. The second kappa shape index (κ2) is 6.67. The Hall–Kier alpha value is -2.09. The highest BCUT2D eigenvalue weighted by atomic mass is 35.5. The van der Waals surface area contributed by atoms with Crippen molar-refractivity contribution in [3.63, 3.8) is 0 Å².